The fraction of sp³-hybridized carbons (Fsp3) is 0.412. The average Bonchev–Trinajstić information content (AvgIpc) is 2.94. The molecule has 1 unspecified atom stereocenters. The number of carbonyl (C=O) groups excluding carboxylic acids is 1. The predicted molar refractivity (Wildman–Crippen MR) is 94.7 cm³/mol. The minimum atomic E-state index is -0.0499. The summed E-state index contributed by atoms with van der Waals surface area (Å²) >= 11 is 1.53. The van der Waals surface area contributed by atoms with Gasteiger partial charge in [0.05, 0.1) is 18.5 Å². The zero-order valence-electron chi connectivity index (χ0n) is 13.5. The van der Waals surface area contributed by atoms with E-state index in [1.54, 1.807) is 16.9 Å². The van der Waals surface area contributed by atoms with Crippen LogP contribution in [0.3, 0.4) is 0 Å². The lowest BCUT2D eigenvalue weighted by Crippen LogP contribution is -2.18. The molecule has 2 aromatic rings. The van der Waals surface area contributed by atoms with E-state index >= 15 is 0 Å². The molecule has 0 fully saturated rings. The maximum atomic E-state index is 12.0. The molecule has 0 saturated carbocycles. The number of hydrogen-bond acceptors (Lipinski definition) is 4. The largest absolute Gasteiger partial charge is 0.396 e. The van der Waals surface area contributed by atoms with Crippen LogP contribution in [0.1, 0.15) is 18.1 Å². The standard InChI is InChI=1S/C17H23N3O2S/c1-13-4-3-5-15(8-13)9-20-16(6-7-18-20)19-17(22)12-23-11-14(2)10-21/h3-8,14,21H,9-12H2,1-2H3,(H,19,22). The van der Waals surface area contributed by atoms with Gasteiger partial charge >= 0.3 is 0 Å². The van der Waals surface area contributed by atoms with Crippen molar-refractivity contribution in [1.29, 1.82) is 0 Å². The summed E-state index contributed by atoms with van der Waals surface area (Å²) in [6, 6.07) is 10.0. The van der Waals surface area contributed by atoms with Gasteiger partial charge in [-0.15, -0.1) is 0 Å². The number of aryl methyl sites for hydroxylation is 1. The highest BCUT2D eigenvalue weighted by Crippen LogP contribution is 2.13. The van der Waals surface area contributed by atoms with Gasteiger partial charge in [-0.25, -0.2) is 4.68 Å². The number of anilines is 1. The number of aliphatic hydroxyl groups is 1. The molecular weight excluding hydrogens is 310 g/mol. The van der Waals surface area contributed by atoms with Crippen LogP contribution < -0.4 is 5.32 Å². The van der Waals surface area contributed by atoms with E-state index in [1.165, 1.54) is 17.3 Å². The van der Waals surface area contributed by atoms with Gasteiger partial charge in [0.25, 0.3) is 0 Å². The number of carbonyl (C=O) groups is 1. The Morgan fingerprint density at radius 2 is 2.26 bits per heavy atom. The third-order valence-corrected chi connectivity index (χ3v) is 4.62. The fourth-order valence-corrected chi connectivity index (χ4v) is 3.02. The molecule has 0 aliphatic heterocycles. The third-order valence-electron chi connectivity index (χ3n) is 3.35. The van der Waals surface area contributed by atoms with Gasteiger partial charge in [-0.1, -0.05) is 36.8 Å². The highest BCUT2D eigenvalue weighted by atomic mass is 32.2. The van der Waals surface area contributed by atoms with Crippen LogP contribution in [0.25, 0.3) is 0 Å². The Morgan fingerprint density at radius 3 is 3.00 bits per heavy atom. The number of aliphatic hydroxyl groups excluding tert-OH is 1. The highest BCUT2D eigenvalue weighted by molar-refractivity contribution is 7.99. The molecule has 0 radical (unpaired) electrons. The van der Waals surface area contributed by atoms with E-state index in [9.17, 15) is 4.79 Å². The first-order valence-electron chi connectivity index (χ1n) is 7.64. The SMILES string of the molecule is Cc1cccc(Cn2nccc2NC(=O)CSCC(C)CO)c1. The Kier molecular flexibility index (Phi) is 6.67. The van der Waals surface area contributed by atoms with Crippen molar-refractivity contribution in [3.8, 4) is 0 Å². The van der Waals surface area contributed by atoms with Crippen LogP contribution in [-0.2, 0) is 11.3 Å². The highest BCUT2D eigenvalue weighted by Gasteiger charge is 2.09. The number of nitrogens with one attached hydrogen (secondary N) is 1. The van der Waals surface area contributed by atoms with Crippen LogP contribution in [0.4, 0.5) is 5.82 Å². The zero-order chi connectivity index (χ0) is 16.7. The molecule has 2 N–H and O–H groups in total. The fourth-order valence-electron chi connectivity index (χ4n) is 2.13. The molecule has 1 aromatic heterocycles. The van der Waals surface area contributed by atoms with Gasteiger partial charge in [0.2, 0.25) is 5.91 Å². The van der Waals surface area contributed by atoms with Gasteiger partial charge in [0, 0.05) is 12.7 Å². The molecule has 0 saturated heterocycles. The van der Waals surface area contributed by atoms with Crippen LogP contribution in [0.5, 0.6) is 0 Å². The first kappa shape index (κ1) is 17.6. The van der Waals surface area contributed by atoms with Crippen molar-refractivity contribution >= 4 is 23.5 Å². The van der Waals surface area contributed by atoms with E-state index in [-0.39, 0.29) is 18.4 Å². The Morgan fingerprint density at radius 1 is 1.43 bits per heavy atom. The van der Waals surface area contributed by atoms with Crippen LogP contribution in [0.2, 0.25) is 0 Å². The third kappa shape index (κ3) is 5.73. The summed E-state index contributed by atoms with van der Waals surface area (Å²) in [7, 11) is 0. The summed E-state index contributed by atoms with van der Waals surface area (Å²) in [6.07, 6.45) is 1.69. The predicted octanol–water partition coefficient (Wildman–Crippen LogP) is 2.54. The number of thioether (sulfide) groups is 1. The second kappa shape index (κ2) is 8.74. The maximum Gasteiger partial charge on any atom is 0.235 e. The summed E-state index contributed by atoms with van der Waals surface area (Å²) in [4.78, 5) is 12.0. The van der Waals surface area contributed by atoms with Gasteiger partial charge < -0.3 is 10.4 Å². The molecule has 5 nitrogen and oxygen atoms in total. The lowest BCUT2D eigenvalue weighted by molar-refractivity contribution is -0.113. The molecular formula is C17H23N3O2S. The number of nitrogens with zero attached hydrogens (tertiary/aromatic N) is 2. The van der Waals surface area contributed by atoms with E-state index in [1.807, 2.05) is 19.1 Å². The monoisotopic (exact) mass is 333 g/mol. The van der Waals surface area contributed by atoms with Crippen molar-refractivity contribution in [2.75, 3.05) is 23.4 Å². The molecule has 2 rings (SSSR count). The van der Waals surface area contributed by atoms with Crippen molar-refractivity contribution in [3.63, 3.8) is 0 Å². The van der Waals surface area contributed by atoms with E-state index in [0.717, 1.165) is 11.3 Å². The first-order valence-corrected chi connectivity index (χ1v) is 8.79. The van der Waals surface area contributed by atoms with Crippen molar-refractivity contribution in [2.45, 2.75) is 20.4 Å². The number of aromatic nitrogens is 2. The Labute approximate surface area is 141 Å². The van der Waals surface area contributed by atoms with Crippen LogP contribution >= 0.6 is 11.8 Å². The normalized spacial score (nSPS) is 12.1. The summed E-state index contributed by atoms with van der Waals surface area (Å²) in [5, 5.41) is 16.2. The molecule has 1 heterocycles. The summed E-state index contributed by atoms with van der Waals surface area (Å²) in [5.41, 5.74) is 2.35. The lowest BCUT2D eigenvalue weighted by atomic mass is 10.1. The van der Waals surface area contributed by atoms with Gasteiger partial charge in [0.1, 0.15) is 5.82 Å². The maximum absolute atomic E-state index is 12.0. The molecule has 1 amide bonds. The van der Waals surface area contributed by atoms with Gasteiger partial charge in [-0.05, 0) is 24.2 Å². The zero-order valence-corrected chi connectivity index (χ0v) is 14.3. The van der Waals surface area contributed by atoms with Crippen LogP contribution in [0, 0.1) is 12.8 Å². The van der Waals surface area contributed by atoms with Gasteiger partial charge in [-0.2, -0.15) is 16.9 Å². The van der Waals surface area contributed by atoms with Crippen LogP contribution in [0.15, 0.2) is 36.5 Å². The molecule has 23 heavy (non-hydrogen) atoms. The molecule has 0 bridgehead atoms. The summed E-state index contributed by atoms with van der Waals surface area (Å²) in [6.45, 7) is 4.79. The quantitative estimate of drug-likeness (QED) is 0.779. The second-order valence-electron chi connectivity index (χ2n) is 5.71. The number of rotatable bonds is 8. The minimum Gasteiger partial charge on any atom is -0.396 e. The lowest BCUT2D eigenvalue weighted by Gasteiger charge is -2.10. The van der Waals surface area contributed by atoms with Gasteiger partial charge in [0.15, 0.2) is 0 Å². The number of hydrogen-bond donors (Lipinski definition) is 2. The molecule has 1 aromatic carbocycles. The summed E-state index contributed by atoms with van der Waals surface area (Å²) < 4.78 is 1.79. The molecule has 1 atom stereocenters. The molecule has 0 aliphatic rings. The van der Waals surface area contributed by atoms with Crippen LogP contribution in [-0.4, -0.2) is 38.9 Å². The van der Waals surface area contributed by atoms with E-state index in [0.29, 0.717) is 18.1 Å². The van der Waals surface area contributed by atoms with Gasteiger partial charge in [-0.3, -0.25) is 4.79 Å². The summed E-state index contributed by atoms with van der Waals surface area (Å²) in [5.74, 6) is 2.00. The van der Waals surface area contributed by atoms with E-state index in [4.69, 9.17) is 5.11 Å². The topological polar surface area (TPSA) is 67.2 Å². The second-order valence-corrected chi connectivity index (χ2v) is 6.74. The Bertz CT molecular complexity index is 642. The van der Waals surface area contributed by atoms with Crippen molar-refractivity contribution in [2.24, 2.45) is 5.92 Å². The first-order chi connectivity index (χ1) is 11.1. The van der Waals surface area contributed by atoms with Crippen molar-refractivity contribution in [1.82, 2.24) is 9.78 Å². The molecule has 124 valence electrons. The smallest absolute Gasteiger partial charge is 0.235 e. The van der Waals surface area contributed by atoms with E-state index in [2.05, 4.69) is 29.5 Å². The molecule has 0 aliphatic carbocycles. The average molecular weight is 333 g/mol. The molecule has 0 spiro atoms. The number of amides is 1. The Hall–Kier alpha value is -1.79. The van der Waals surface area contributed by atoms with E-state index < -0.39 is 0 Å². The minimum absolute atomic E-state index is 0.0499. The van der Waals surface area contributed by atoms with Crippen molar-refractivity contribution in [3.05, 3.63) is 47.7 Å². The molecule has 6 heteroatoms. The number of benzene rings is 1. The van der Waals surface area contributed by atoms with Crippen molar-refractivity contribution < 1.29 is 9.90 Å². The Balaban J connectivity index is 1.89.